The number of rotatable bonds is 5. The molecule has 4 rings (SSSR count). The maximum Gasteiger partial charge on any atom is 0.203 e. The first-order chi connectivity index (χ1) is 13.3. The Kier molecular flexibility index (Phi) is 4.38. The zero-order chi connectivity index (χ0) is 18.8. The SMILES string of the molecule is COc1cc(-c2[nH]nc3nccc(-c4ccccc4)c23)cc(OC)c1OC. The van der Waals surface area contributed by atoms with E-state index >= 15 is 0 Å². The van der Waals surface area contributed by atoms with E-state index in [0.717, 1.165) is 27.8 Å². The number of ether oxygens (including phenoxy) is 3. The van der Waals surface area contributed by atoms with Gasteiger partial charge in [0, 0.05) is 11.8 Å². The van der Waals surface area contributed by atoms with Gasteiger partial charge in [0.25, 0.3) is 0 Å². The van der Waals surface area contributed by atoms with Gasteiger partial charge in [0.05, 0.1) is 32.4 Å². The van der Waals surface area contributed by atoms with Crippen LogP contribution < -0.4 is 14.2 Å². The van der Waals surface area contributed by atoms with Crippen molar-refractivity contribution in [2.75, 3.05) is 21.3 Å². The molecule has 6 nitrogen and oxygen atoms in total. The number of nitrogens with zero attached hydrogens (tertiary/aromatic N) is 2. The minimum Gasteiger partial charge on any atom is -0.493 e. The van der Waals surface area contributed by atoms with Gasteiger partial charge >= 0.3 is 0 Å². The van der Waals surface area contributed by atoms with Crippen LogP contribution in [0, 0.1) is 0 Å². The van der Waals surface area contributed by atoms with Gasteiger partial charge in [-0.05, 0) is 29.3 Å². The molecule has 2 aromatic heterocycles. The first kappa shape index (κ1) is 16.9. The van der Waals surface area contributed by atoms with Crippen LogP contribution in [0.1, 0.15) is 0 Å². The van der Waals surface area contributed by atoms with Gasteiger partial charge in [0.2, 0.25) is 5.75 Å². The molecule has 0 unspecified atom stereocenters. The fraction of sp³-hybridized carbons (Fsp3) is 0.143. The first-order valence-electron chi connectivity index (χ1n) is 8.45. The number of aromatic amines is 1. The Hall–Kier alpha value is -3.54. The van der Waals surface area contributed by atoms with Gasteiger partial charge in [-0.25, -0.2) is 4.98 Å². The van der Waals surface area contributed by atoms with E-state index in [1.165, 1.54) is 0 Å². The number of hydrogen-bond acceptors (Lipinski definition) is 5. The van der Waals surface area contributed by atoms with Gasteiger partial charge in [-0.1, -0.05) is 30.3 Å². The quantitative estimate of drug-likeness (QED) is 0.573. The van der Waals surface area contributed by atoms with Crippen molar-refractivity contribution in [2.45, 2.75) is 0 Å². The largest absolute Gasteiger partial charge is 0.493 e. The molecule has 0 aliphatic heterocycles. The summed E-state index contributed by atoms with van der Waals surface area (Å²) in [6.07, 6.45) is 1.77. The Bertz CT molecular complexity index is 1070. The Morgan fingerprint density at radius 2 is 1.52 bits per heavy atom. The molecule has 0 saturated carbocycles. The Morgan fingerprint density at radius 3 is 2.15 bits per heavy atom. The summed E-state index contributed by atoms with van der Waals surface area (Å²) in [5.41, 5.74) is 4.52. The molecular formula is C21H19N3O3. The van der Waals surface area contributed by atoms with E-state index < -0.39 is 0 Å². The number of aromatic nitrogens is 3. The lowest BCUT2D eigenvalue weighted by atomic mass is 9.99. The van der Waals surface area contributed by atoms with Crippen molar-refractivity contribution in [1.82, 2.24) is 15.2 Å². The molecule has 0 aliphatic carbocycles. The van der Waals surface area contributed by atoms with Crippen LogP contribution in [0.5, 0.6) is 17.2 Å². The summed E-state index contributed by atoms with van der Waals surface area (Å²) in [6.45, 7) is 0. The monoisotopic (exact) mass is 361 g/mol. The number of benzene rings is 2. The lowest BCUT2D eigenvalue weighted by Gasteiger charge is -2.14. The summed E-state index contributed by atoms with van der Waals surface area (Å²) in [7, 11) is 4.79. The first-order valence-corrected chi connectivity index (χ1v) is 8.45. The van der Waals surface area contributed by atoms with Gasteiger partial charge in [0.1, 0.15) is 0 Å². The van der Waals surface area contributed by atoms with E-state index in [9.17, 15) is 0 Å². The van der Waals surface area contributed by atoms with E-state index in [-0.39, 0.29) is 0 Å². The molecule has 2 aromatic carbocycles. The van der Waals surface area contributed by atoms with Crippen molar-refractivity contribution in [2.24, 2.45) is 0 Å². The lowest BCUT2D eigenvalue weighted by molar-refractivity contribution is 0.324. The fourth-order valence-corrected chi connectivity index (χ4v) is 3.24. The molecule has 0 saturated heterocycles. The van der Waals surface area contributed by atoms with Gasteiger partial charge in [0.15, 0.2) is 17.1 Å². The van der Waals surface area contributed by atoms with Crippen LogP contribution in [0.2, 0.25) is 0 Å². The predicted molar refractivity (Wildman–Crippen MR) is 104 cm³/mol. The Morgan fingerprint density at radius 1 is 0.815 bits per heavy atom. The number of fused-ring (bicyclic) bond motifs is 1. The second-order valence-electron chi connectivity index (χ2n) is 5.94. The van der Waals surface area contributed by atoms with E-state index in [4.69, 9.17) is 14.2 Å². The second-order valence-corrected chi connectivity index (χ2v) is 5.94. The minimum absolute atomic E-state index is 0.550. The molecule has 0 bridgehead atoms. The summed E-state index contributed by atoms with van der Waals surface area (Å²) >= 11 is 0. The molecule has 27 heavy (non-hydrogen) atoms. The molecular weight excluding hydrogens is 342 g/mol. The Balaban J connectivity index is 1.98. The Labute approximate surface area is 156 Å². The normalized spacial score (nSPS) is 10.8. The van der Waals surface area contributed by atoms with Gasteiger partial charge in [-0.3, -0.25) is 5.10 Å². The highest BCUT2D eigenvalue weighted by Crippen LogP contribution is 2.43. The molecule has 1 N–H and O–H groups in total. The van der Waals surface area contributed by atoms with Gasteiger partial charge in [-0.15, -0.1) is 0 Å². The van der Waals surface area contributed by atoms with Crippen LogP contribution in [0.25, 0.3) is 33.4 Å². The highest BCUT2D eigenvalue weighted by atomic mass is 16.5. The molecule has 4 aromatic rings. The fourth-order valence-electron chi connectivity index (χ4n) is 3.24. The van der Waals surface area contributed by atoms with Gasteiger partial charge < -0.3 is 14.2 Å². The second kappa shape index (κ2) is 6.99. The summed E-state index contributed by atoms with van der Waals surface area (Å²) in [5, 5.41) is 8.44. The predicted octanol–water partition coefficient (Wildman–Crippen LogP) is 4.32. The average molecular weight is 361 g/mol. The van der Waals surface area contributed by atoms with Crippen molar-refractivity contribution >= 4 is 11.0 Å². The van der Waals surface area contributed by atoms with Crippen molar-refractivity contribution in [3.05, 3.63) is 54.7 Å². The molecule has 2 heterocycles. The van der Waals surface area contributed by atoms with Crippen LogP contribution in [-0.4, -0.2) is 36.5 Å². The van der Waals surface area contributed by atoms with E-state index in [1.807, 2.05) is 36.4 Å². The van der Waals surface area contributed by atoms with Crippen molar-refractivity contribution in [1.29, 1.82) is 0 Å². The highest BCUT2D eigenvalue weighted by Gasteiger charge is 2.19. The smallest absolute Gasteiger partial charge is 0.203 e. The molecule has 6 heteroatoms. The summed E-state index contributed by atoms with van der Waals surface area (Å²) in [5.74, 6) is 1.72. The highest BCUT2D eigenvalue weighted by molar-refractivity contribution is 6.02. The van der Waals surface area contributed by atoms with Crippen LogP contribution in [0.3, 0.4) is 0 Å². The molecule has 0 atom stereocenters. The third kappa shape index (κ3) is 2.85. The molecule has 0 radical (unpaired) electrons. The van der Waals surface area contributed by atoms with Crippen LogP contribution in [-0.2, 0) is 0 Å². The van der Waals surface area contributed by atoms with E-state index in [1.54, 1.807) is 27.5 Å². The average Bonchev–Trinajstić information content (AvgIpc) is 3.17. The van der Waals surface area contributed by atoms with Crippen LogP contribution in [0.4, 0.5) is 0 Å². The van der Waals surface area contributed by atoms with Gasteiger partial charge in [-0.2, -0.15) is 5.10 Å². The number of nitrogens with one attached hydrogen (secondary N) is 1. The molecule has 0 amide bonds. The summed E-state index contributed by atoms with van der Waals surface area (Å²) in [4.78, 5) is 4.40. The minimum atomic E-state index is 0.550. The summed E-state index contributed by atoms with van der Waals surface area (Å²) < 4.78 is 16.4. The third-order valence-electron chi connectivity index (χ3n) is 4.49. The third-order valence-corrected chi connectivity index (χ3v) is 4.49. The van der Waals surface area contributed by atoms with E-state index in [2.05, 4.69) is 27.3 Å². The molecule has 0 aliphatic rings. The maximum absolute atomic E-state index is 5.49. The van der Waals surface area contributed by atoms with Crippen molar-refractivity contribution < 1.29 is 14.2 Å². The maximum atomic E-state index is 5.49. The lowest BCUT2D eigenvalue weighted by Crippen LogP contribution is -1.96. The van der Waals surface area contributed by atoms with Crippen LogP contribution in [0.15, 0.2) is 54.7 Å². The van der Waals surface area contributed by atoms with E-state index in [0.29, 0.717) is 22.9 Å². The zero-order valence-electron chi connectivity index (χ0n) is 15.3. The number of methoxy groups -OCH3 is 3. The number of pyridine rings is 1. The topological polar surface area (TPSA) is 69.3 Å². The number of hydrogen-bond donors (Lipinski definition) is 1. The van der Waals surface area contributed by atoms with Crippen molar-refractivity contribution in [3.8, 4) is 39.6 Å². The summed E-state index contributed by atoms with van der Waals surface area (Å²) in [6, 6.07) is 16.0. The zero-order valence-corrected chi connectivity index (χ0v) is 15.3. The molecule has 136 valence electrons. The standard InChI is InChI=1S/C21H19N3O3/c1-25-16-11-14(12-17(26-2)20(16)27-3)19-18-15(13-7-5-4-6-8-13)9-10-22-21(18)24-23-19/h4-12H,1-3H3,(H,22,23,24). The molecule has 0 spiro atoms. The van der Waals surface area contributed by atoms with Crippen LogP contribution >= 0.6 is 0 Å². The van der Waals surface area contributed by atoms with Crippen molar-refractivity contribution in [3.63, 3.8) is 0 Å². The molecule has 0 fully saturated rings. The number of H-pyrrole nitrogens is 1.